The fourth-order valence-corrected chi connectivity index (χ4v) is 4.20. The summed E-state index contributed by atoms with van der Waals surface area (Å²) >= 11 is 0. The molecule has 0 aliphatic carbocycles. The molecular formula is C32H59NO5. The Labute approximate surface area is 234 Å². The molecule has 0 bridgehead atoms. The zero-order valence-electron chi connectivity index (χ0n) is 26.4. The second kappa shape index (κ2) is 15.6. The highest BCUT2D eigenvalue weighted by Crippen LogP contribution is 2.40. The predicted octanol–water partition coefficient (Wildman–Crippen LogP) is 7.38. The molecule has 0 heterocycles. The van der Waals surface area contributed by atoms with E-state index in [1.54, 1.807) is 0 Å². The summed E-state index contributed by atoms with van der Waals surface area (Å²) in [5.41, 5.74) is 4.08. The van der Waals surface area contributed by atoms with Crippen molar-refractivity contribution in [3.63, 3.8) is 0 Å². The topological polar surface area (TPSA) is 72.2 Å². The Bertz CT molecular complexity index is 757. The fourth-order valence-electron chi connectivity index (χ4n) is 4.20. The van der Waals surface area contributed by atoms with E-state index in [1.165, 1.54) is 19.3 Å². The lowest BCUT2D eigenvalue weighted by Gasteiger charge is -2.47. The molecule has 0 fully saturated rings. The van der Waals surface area contributed by atoms with Gasteiger partial charge in [0, 0.05) is 12.0 Å². The maximum Gasteiger partial charge on any atom is 0.119 e. The molecule has 38 heavy (non-hydrogen) atoms. The van der Waals surface area contributed by atoms with Crippen LogP contribution in [0.1, 0.15) is 102 Å². The van der Waals surface area contributed by atoms with Crippen molar-refractivity contribution < 1.29 is 23.7 Å². The van der Waals surface area contributed by atoms with Crippen LogP contribution in [-0.4, -0.2) is 55.6 Å². The van der Waals surface area contributed by atoms with Gasteiger partial charge in [0.05, 0.1) is 30.5 Å². The number of ether oxygens (including phenoxy) is 5. The molecule has 1 aromatic rings. The highest BCUT2D eigenvalue weighted by Gasteiger charge is 2.45. The van der Waals surface area contributed by atoms with Crippen LogP contribution in [0.5, 0.6) is 5.75 Å². The fraction of sp³-hybridized carbons (Fsp3) is 0.812. The molecule has 0 aliphatic rings. The van der Waals surface area contributed by atoms with Crippen LogP contribution in [0, 0.1) is 11.3 Å². The van der Waals surface area contributed by atoms with E-state index in [0.29, 0.717) is 25.7 Å². The first-order valence-corrected chi connectivity index (χ1v) is 14.6. The Morgan fingerprint density at radius 1 is 0.842 bits per heavy atom. The molecule has 0 radical (unpaired) electrons. The van der Waals surface area contributed by atoms with Gasteiger partial charge < -0.3 is 29.4 Å². The lowest BCUT2D eigenvalue weighted by molar-refractivity contribution is -0.213. The Morgan fingerprint density at radius 2 is 1.47 bits per heavy atom. The van der Waals surface area contributed by atoms with Gasteiger partial charge in [-0.1, -0.05) is 65.2 Å². The van der Waals surface area contributed by atoms with Gasteiger partial charge in [0.15, 0.2) is 0 Å². The lowest BCUT2D eigenvalue weighted by Crippen LogP contribution is -2.54. The minimum absolute atomic E-state index is 0.110. The van der Waals surface area contributed by atoms with Crippen molar-refractivity contribution in [1.82, 2.24) is 0 Å². The molecular weight excluding hydrogens is 478 g/mol. The summed E-state index contributed by atoms with van der Waals surface area (Å²) in [6.07, 6.45) is 4.44. The molecule has 0 aliphatic heterocycles. The average molecular weight is 538 g/mol. The SMILES string of the molecule is CCCCC(CC)COCC(COc1ccccc1)OC(C)(C)COC(C)(C)C(C)(C)C(C)OC(C)(C)N. The molecule has 3 atom stereocenters. The van der Waals surface area contributed by atoms with Crippen LogP contribution in [-0.2, 0) is 18.9 Å². The van der Waals surface area contributed by atoms with Crippen molar-refractivity contribution >= 4 is 0 Å². The van der Waals surface area contributed by atoms with Gasteiger partial charge in [0.1, 0.15) is 24.2 Å². The molecule has 0 amide bonds. The van der Waals surface area contributed by atoms with Crippen molar-refractivity contribution in [2.24, 2.45) is 17.1 Å². The van der Waals surface area contributed by atoms with Crippen LogP contribution in [0.2, 0.25) is 0 Å². The number of rotatable bonds is 20. The highest BCUT2D eigenvalue weighted by molar-refractivity contribution is 5.20. The van der Waals surface area contributed by atoms with Gasteiger partial charge in [-0.25, -0.2) is 0 Å². The number of benzene rings is 1. The zero-order valence-corrected chi connectivity index (χ0v) is 26.4. The van der Waals surface area contributed by atoms with Gasteiger partial charge >= 0.3 is 0 Å². The van der Waals surface area contributed by atoms with Crippen molar-refractivity contribution in [1.29, 1.82) is 0 Å². The van der Waals surface area contributed by atoms with Gasteiger partial charge in [-0.3, -0.25) is 0 Å². The highest BCUT2D eigenvalue weighted by atomic mass is 16.6. The summed E-state index contributed by atoms with van der Waals surface area (Å²) in [4.78, 5) is 0. The largest absolute Gasteiger partial charge is 0.491 e. The lowest BCUT2D eigenvalue weighted by atomic mass is 9.73. The molecule has 1 aromatic carbocycles. The quantitative estimate of drug-likeness (QED) is 0.175. The minimum Gasteiger partial charge on any atom is -0.491 e. The molecule has 0 saturated carbocycles. The van der Waals surface area contributed by atoms with Crippen LogP contribution in [0.3, 0.4) is 0 Å². The van der Waals surface area contributed by atoms with Crippen molar-refractivity contribution in [2.75, 3.05) is 26.4 Å². The van der Waals surface area contributed by atoms with Gasteiger partial charge in [0.2, 0.25) is 0 Å². The maximum absolute atomic E-state index is 6.58. The van der Waals surface area contributed by atoms with Crippen molar-refractivity contribution in [2.45, 2.75) is 131 Å². The van der Waals surface area contributed by atoms with E-state index < -0.39 is 16.9 Å². The molecule has 6 heteroatoms. The van der Waals surface area contributed by atoms with Crippen molar-refractivity contribution in [3.05, 3.63) is 30.3 Å². The minimum atomic E-state index is -0.714. The van der Waals surface area contributed by atoms with Crippen LogP contribution < -0.4 is 10.5 Å². The Balaban J connectivity index is 2.83. The van der Waals surface area contributed by atoms with Gasteiger partial charge in [0.25, 0.3) is 0 Å². The van der Waals surface area contributed by atoms with Crippen LogP contribution in [0.15, 0.2) is 30.3 Å². The molecule has 1 rings (SSSR count). The maximum atomic E-state index is 6.58. The second-order valence-electron chi connectivity index (χ2n) is 13.0. The third-order valence-corrected chi connectivity index (χ3v) is 7.69. The molecule has 0 saturated heterocycles. The summed E-state index contributed by atoms with van der Waals surface area (Å²) < 4.78 is 31.5. The number of hydrogen-bond donors (Lipinski definition) is 1. The third kappa shape index (κ3) is 12.8. The smallest absolute Gasteiger partial charge is 0.119 e. The molecule has 0 aromatic heterocycles. The summed E-state index contributed by atoms with van der Waals surface area (Å²) in [5.74, 6) is 1.40. The Kier molecular flexibility index (Phi) is 14.3. The molecule has 0 spiro atoms. The van der Waals surface area contributed by atoms with Crippen LogP contribution in [0.25, 0.3) is 0 Å². The molecule has 6 nitrogen and oxygen atoms in total. The summed E-state index contributed by atoms with van der Waals surface area (Å²) in [7, 11) is 0. The molecule has 2 N–H and O–H groups in total. The van der Waals surface area contributed by atoms with Crippen LogP contribution in [0.4, 0.5) is 0 Å². The van der Waals surface area contributed by atoms with E-state index in [0.717, 1.165) is 18.8 Å². The van der Waals surface area contributed by atoms with E-state index in [4.69, 9.17) is 29.4 Å². The Hall–Kier alpha value is -1.18. The summed E-state index contributed by atoms with van der Waals surface area (Å²) in [5, 5.41) is 0. The summed E-state index contributed by atoms with van der Waals surface area (Å²) in [6, 6.07) is 9.84. The first-order chi connectivity index (χ1) is 17.5. The Morgan fingerprint density at radius 3 is 2.03 bits per heavy atom. The van der Waals surface area contributed by atoms with Gasteiger partial charge in [-0.2, -0.15) is 0 Å². The average Bonchev–Trinajstić information content (AvgIpc) is 2.82. The van der Waals surface area contributed by atoms with Gasteiger partial charge in [-0.05, 0) is 72.9 Å². The number of hydrogen-bond acceptors (Lipinski definition) is 6. The number of unbranched alkanes of at least 4 members (excludes halogenated alkanes) is 1. The van der Waals surface area contributed by atoms with E-state index >= 15 is 0 Å². The van der Waals surface area contributed by atoms with Crippen molar-refractivity contribution in [3.8, 4) is 5.75 Å². The third-order valence-electron chi connectivity index (χ3n) is 7.69. The normalized spacial score (nSPS) is 15.8. The van der Waals surface area contributed by atoms with E-state index in [-0.39, 0.29) is 17.6 Å². The first-order valence-electron chi connectivity index (χ1n) is 14.6. The standard InChI is InChI=1S/C32H59NO5/c1-12-14-18-26(13-2)21-34-22-28(23-35-27-19-16-15-17-20-27)38-29(4,5)24-36-31(8,9)30(6,7)25(3)37-32(10,11)33/h15-17,19-20,25-26,28H,12-14,18,21-24,33H2,1-11H3. The molecule has 222 valence electrons. The number of nitrogens with two attached hydrogens (primary N) is 1. The zero-order chi connectivity index (χ0) is 29.0. The first kappa shape index (κ1) is 34.8. The van der Waals surface area contributed by atoms with Crippen LogP contribution >= 0.6 is 0 Å². The summed E-state index contributed by atoms with van der Waals surface area (Å²) in [6.45, 7) is 25.0. The number of para-hydroxylation sites is 1. The van der Waals surface area contributed by atoms with E-state index in [2.05, 4.69) is 62.3 Å². The van der Waals surface area contributed by atoms with E-state index in [1.807, 2.05) is 44.2 Å². The second-order valence-corrected chi connectivity index (χ2v) is 13.0. The molecule has 3 unspecified atom stereocenters. The predicted molar refractivity (Wildman–Crippen MR) is 158 cm³/mol. The van der Waals surface area contributed by atoms with Gasteiger partial charge in [-0.15, -0.1) is 0 Å². The van der Waals surface area contributed by atoms with E-state index in [9.17, 15) is 0 Å². The monoisotopic (exact) mass is 537 g/mol.